The van der Waals surface area contributed by atoms with Gasteiger partial charge < -0.3 is 14.6 Å². The van der Waals surface area contributed by atoms with Gasteiger partial charge in [0.05, 0.1) is 12.6 Å². The lowest BCUT2D eigenvalue weighted by atomic mass is 10.1. The van der Waals surface area contributed by atoms with Gasteiger partial charge in [0.15, 0.2) is 5.82 Å². The maximum absolute atomic E-state index is 12.7. The molecule has 1 atom stereocenters. The van der Waals surface area contributed by atoms with Crippen molar-refractivity contribution in [3.63, 3.8) is 0 Å². The third-order valence-corrected chi connectivity index (χ3v) is 5.42. The summed E-state index contributed by atoms with van der Waals surface area (Å²) in [6.45, 7) is 3.26. The fourth-order valence-electron chi connectivity index (χ4n) is 3.64. The lowest BCUT2D eigenvalue weighted by molar-refractivity contribution is 0.0724. The minimum Gasteiger partial charge on any atom is -0.394 e. The Morgan fingerprint density at radius 3 is 2.70 bits per heavy atom. The molecule has 4 heterocycles. The van der Waals surface area contributed by atoms with E-state index < -0.39 is 6.03 Å². The molecule has 3 aromatic heterocycles. The number of urea groups is 1. The van der Waals surface area contributed by atoms with Crippen LogP contribution in [0.4, 0.5) is 16.4 Å². The van der Waals surface area contributed by atoms with Crippen molar-refractivity contribution in [2.45, 2.75) is 32.2 Å². The minimum atomic E-state index is -0.542. The summed E-state index contributed by atoms with van der Waals surface area (Å²) in [5, 5.41) is 22.7. The molecule has 33 heavy (non-hydrogen) atoms. The highest BCUT2D eigenvalue weighted by Gasteiger charge is 2.19. The summed E-state index contributed by atoms with van der Waals surface area (Å²) in [6.07, 6.45) is 6.17. The third-order valence-electron chi connectivity index (χ3n) is 5.42. The molecular weight excluding hydrogens is 424 g/mol. The predicted octanol–water partition coefficient (Wildman–Crippen LogP) is 2.56. The molecule has 1 saturated heterocycles. The summed E-state index contributed by atoms with van der Waals surface area (Å²) < 4.78 is 1.71. The van der Waals surface area contributed by atoms with E-state index in [1.165, 1.54) is 12.5 Å². The summed E-state index contributed by atoms with van der Waals surface area (Å²) in [4.78, 5) is 35.6. The van der Waals surface area contributed by atoms with Gasteiger partial charge in [0.1, 0.15) is 23.7 Å². The molecule has 3 amide bonds. The lowest BCUT2D eigenvalue weighted by Crippen LogP contribution is -2.35. The summed E-state index contributed by atoms with van der Waals surface area (Å²) in [7, 11) is 0. The second-order valence-corrected chi connectivity index (χ2v) is 7.86. The van der Waals surface area contributed by atoms with Crippen LogP contribution >= 0.6 is 0 Å². The standard InChI is InChI=1S/C22H26N8O3/c1-15(13-31)30-14-24-28-20(30)17-6-5-7-18(25-17)26-22(33)27-19-12-16(8-9-23-19)21(32)29-10-3-2-4-11-29/h5-9,12,14-15,31H,2-4,10-11,13H2,1H3,(H2,23,25,26,27,33)/t15-/m1/s1. The lowest BCUT2D eigenvalue weighted by Gasteiger charge is -2.26. The van der Waals surface area contributed by atoms with E-state index in [4.69, 9.17) is 0 Å². The van der Waals surface area contributed by atoms with E-state index in [0.717, 1.165) is 32.4 Å². The van der Waals surface area contributed by atoms with Crippen molar-refractivity contribution in [3.8, 4) is 11.5 Å². The van der Waals surface area contributed by atoms with Crippen molar-refractivity contribution in [1.82, 2.24) is 29.6 Å². The fourth-order valence-corrected chi connectivity index (χ4v) is 3.64. The number of nitrogens with zero attached hydrogens (tertiary/aromatic N) is 6. The SMILES string of the molecule is C[C@H](CO)n1cnnc1-c1cccc(NC(=O)Nc2cc(C(=O)N3CCCCC3)ccn2)n1. The molecule has 0 aromatic carbocycles. The molecule has 3 aromatic rings. The second-order valence-electron chi connectivity index (χ2n) is 7.86. The number of carbonyl (C=O) groups is 2. The molecule has 0 saturated carbocycles. The zero-order valence-corrected chi connectivity index (χ0v) is 18.3. The number of nitrogens with one attached hydrogen (secondary N) is 2. The summed E-state index contributed by atoms with van der Waals surface area (Å²) in [5.41, 5.74) is 0.984. The first-order valence-electron chi connectivity index (χ1n) is 10.9. The topological polar surface area (TPSA) is 138 Å². The quantitative estimate of drug-likeness (QED) is 0.525. The van der Waals surface area contributed by atoms with Gasteiger partial charge in [0.2, 0.25) is 0 Å². The molecule has 172 valence electrons. The van der Waals surface area contributed by atoms with Crippen molar-refractivity contribution < 1.29 is 14.7 Å². The molecule has 0 bridgehead atoms. The van der Waals surface area contributed by atoms with Crippen LogP contribution in [0.1, 0.15) is 42.6 Å². The first-order chi connectivity index (χ1) is 16.0. The van der Waals surface area contributed by atoms with Gasteiger partial charge in [-0.2, -0.15) is 0 Å². The number of hydrogen-bond acceptors (Lipinski definition) is 7. The van der Waals surface area contributed by atoms with Gasteiger partial charge in [0.25, 0.3) is 5.91 Å². The van der Waals surface area contributed by atoms with E-state index in [1.807, 2.05) is 11.8 Å². The molecule has 0 unspecified atom stereocenters. The molecule has 11 nitrogen and oxygen atoms in total. The number of piperidine rings is 1. The number of hydrogen-bond donors (Lipinski definition) is 3. The van der Waals surface area contributed by atoms with Crippen LogP contribution in [0.15, 0.2) is 42.9 Å². The maximum atomic E-state index is 12.7. The van der Waals surface area contributed by atoms with E-state index in [9.17, 15) is 14.7 Å². The Morgan fingerprint density at radius 2 is 1.91 bits per heavy atom. The van der Waals surface area contributed by atoms with Crippen LogP contribution in [0.3, 0.4) is 0 Å². The van der Waals surface area contributed by atoms with Gasteiger partial charge >= 0.3 is 6.03 Å². The normalized spacial score (nSPS) is 14.5. The molecule has 1 aliphatic heterocycles. The van der Waals surface area contributed by atoms with E-state index in [1.54, 1.807) is 34.9 Å². The highest BCUT2D eigenvalue weighted by Crippen LogP contribution is 2.20. The highest BCUT2D eigenvalue weighted by molar-refractivity contribution is 6.00. The molecule has 0 radical (unpaired) electrons. The highest BCUT2D eigenvalue weighted by atomic mass is 16.3. The first kappa shape index (κ1) is 22.3. The number of pyridine rings is 2. The van der Waals surface area contributed by atoms with Gasteiger partial charge in [-0.05, 0) is 50.5 Å². The summed E-state index contributed by atoms with van der Waals surface area (Å²) >= 11 is 0. The number of likely N-dealkylation sites (tertiary alicyclic amines) is 1. The Balaban J connectivity index is 1.43. The Labute approximate surface area is 190 Å². The average Bonchev–Trinajstić information content (AvgIpc) is 3.34. The molecule has 11 heteroatoms. The number of amides is 3. The van der Waals surface area contributed by atoms with Gasteiger partial charge in [-0.3, -0.25) is 15.4 Å². The Morgan fingerprint density at radius 1 is 1.12 bits per heavy atom. The van der Waals surface area contributed by atoms with Crippen LogP contribution in [0.5, 0.6) is 0 Å². The van der Waals surface area contributed by atoms with E-state index in [0.29, 0.717) is 22.9 Å². The molecule has 0 spiro atoms. The minimum absolute atomic E-state index is 0.0591. The number of rotatable bonds is 6. The Hall–Kier alpha value is -3.86. The Kier molecular flexibility index (Phi) is 6.89. The molecular formula is C22H26N8O3. The van der Waals surface area contributed by atoms with Gasteiger partial charge in [-0.15, -0.1) is 10.2 Å². The number of aromatic nitrogens is 5. The number of aliphatic hydroxyl groups excluding tert-OH is 1. The zero-order chi connectivity index (χ0) is 23.2. The molecule has 0 aliphatic carbocycles. The van der Waals surface area contributed by atoms with E-state index in [2.05, 4.69) is 30.8 Å². The van der Waals surface area contributed by atoms with E-state index >= 15 is 0 Å². The van der Waals surface area contributed by atoms with Gasteiger partial charge in [-0.25, -0.2) is 14.8 Å². The molecule has 3 N–H and O–H groups in total. The van der Waals surface area contributed by atoms with Crippen molar-refractivity contribution in [2.75, 3.05) is 30.3 Å². The second kappa shape index (κ2) is 10.2. The van der Waals surface area contributed by atoms with Gasteiger partial charge in [-0.1, -0.05) is 6.07 Å². The largest absolute Gasteiger partial charge is 0.394 e. The van der Waals surface area contributed by atoms with Crippen LogP contribution in [0.2, 0.25) is 0 Å². The number of anilines is 2. The van der Waals surface area contributed by atoms with Crippen molar-refractivity contribution >= 4 is 23.6 Å². The number of aliphatic hydroxyl groups is 1. The molecule has 1 fully saturated rings. The maximum Gasteiger partial charge on any atom is 0.326 e. The van der Waals surface area contributed by atoms with Crippen molar-refractivity contribution in [1.29, 1.82) is 0 Å². The van der Waals surface area contributed by atoms with Crippen LogP contribution in [-0.4, -0.2) is 66.4 Å². The van der Waals surface area contributed by atoms with Gasteiger partial charge in [0, 0.05) is 24.8 Å². The monoisotopic (exact) mass is 450 g/mol. The Bertz CT molecular complexity index is 1130. The van der Waals surface area contributed by atoms with Crippen LogP contribution < -0.4 is 10.6 Å². The van der Waals surface area contributed by atoms with Crippen molar-refractivity contribution in [2.24, 2.45) is 0 Å². The molecule has 1 aliphatic rings. The van der Waals surface area contributed by atoms with Crippen LogP contribution in [-0.2, 0) is 0 Å². The van der Waals surface area contributed by atoms with Crippen molar-refractivity contribution in [3.05, 3.63) is 48.4 Å². The van der Waals surface area contributed by atoms with Crippen LogP contribution in [0, 0.1) is 0 Å². The summed E-state index contributed by atoms with van der Waals surface area (Å²) in [5.74, 6) is 0.988. The van der Waals surface area contributed by atoms with E-state index in [-0.39, 0.29) is 24.4 Å². The average molecular weight is 451 g/mol. The molecule has 4 rings (SSSR count). The van der Waals surface area contributed by atoms with Crippen LogP contribution in [0.25, 0.3) is 11.5 Å². The zero-order valence-electron chi connectivity index (χ0n) is 18.3. The number of carbonyl (C=O) groups excluding carboxylic acids is 2. The first-order valence-corrected chi connectivity index (χ1v) is 10.9. The fraction of sp³-hybridized carbons (Fsp3) is 0.364. The third kappa shape index (κ3) is 5.32. The predicted molar refractivity (Wildman–Crippen MR) is 122 cm³/mol. The summed E-state index contributed by atoms with van der Waals surface area (Å²) in [6, 6.07) is 7.57. The smallest absolute Gasteiger partial charge is 0.326 e.